The number of hydrogen-bond acceptors (Lipinski definition) is 5. The molecule has 0 radical (unpaired) electrons. The molecule has 0 aliphatic heterocycles. The van der Waals surface area contributed by atoms with Crippen LogP contribution in [0.3, 0.4) is 0 Å². The molecule has 2 rings (SSSR count). The minimum Gasteiger partial charge on any atom is -0.258 e. The summed E-state index contributed by atoms with van der Waals surface area (Å²) in [4.78, 5) is 10.9. The smallest absolute Gasteiger partial charge is 0.258 e. The first-order valence-electron chi connectivity index (χ1n) is 5.69. The van der Waals surface area contributed by atoms with E-state index in [4.69, 9.17) is 0 Å². The van der Waals surface area contributed by atoms with E-state index in [9.17, 15) is 18.5 Å². The molecule has 0 saturated heterocycles. The van der Waals surface area contributed by atoms with Gasteiger partial charge in [0.15, 0.2) is 0 Å². The van der Waals surface area contributed by atoms with Crippen molar-refractivity contribution < 1.29 is 13.3 Å². The summed E-state index contributed by atoms with van der Waals surface area (Å²) in [6, 6.07) is 9.18. The molecule has 0 spiro atoms. The van der Waals surface area contributed by atoms with Crippen molar-refractivity contribution in [2.45, 2.75) is 12.3 Å². The van der Waals surface area contributed by atoms with Crippen LogP contribution in [0.5, 0.6) is 0 Å². The fourth-order valence-corrected chi connectivity index (χ4v) is 3.42. The van der Waals surface area contributed by atoms with Gasteiger partial charge in [0.05, 0.1) is 10.7 Å². The van der Waals surface area contributed by atoms with Gasteiger partial charge in [-0.2, -0.15) is 0 Å². The second kappa shape index (κ2) is 6.12. The molecule has 0 aliphatic rings. The molecule has 0 saturated carbocycles. The number of sulfonamides is 1. The van der Waals surface area contributed by atoms with Crippen LogP contribution in [0.15, 0.2) is 41.8 Å². The minimum absolute atomic E-state index is 0.0577. The van der Waals surface area contributed by atoms with E-state index in [0.717, 1.165) is 4.88 Å². The van der Waals surface area contributed by atoms with E-state index in [1.54, 1.807) is 0 Å². The molecule has 0 atom stereocenters. The molecule has 1 aromatic carbocycles. The van der Waals surface area contributed by atoms with E-state index in [2.05, 4.69) is 4.72 Å². The zero-order chi connectivity index (χ0) is 14.6. The maximum Gasteiger partial charge on any atom is 0.269 e. The summed E-state index contributed by atoms with van der Waals surface area (Å²) in [5.41, 5.74) is 0.451. The number of rotatable bonds is 6. The van der Waals surface area contributed by atoms with E-state index in [0.29, 0.717) is 5.56 Å². The van der Waals surface area contributed by atoms with E-state index < -0.39 is 14.9 Å². The summed E-state index contributed by atoms with van der Waals surface area (Å²) in [6.07, 6.45) is 0. The number of thiophene rings is 1. The molecular weight excluding hydrogens is 300 g/mol. The average molecular weight is 312 g/mol. The Hall–Kier alpha value is -1.77. The molecule has 8 heteroatoms. The fourth-order valence-electron chi connectivity index (χ4n) is 1.58. The minimum atomic E-state index is -3.46. The van der Waals surface area contributed by atoms with Crippen LogP contribution in [0, 0.1) is 10.1 Å². The van der Waals surface area contributed by atoms with Crippen molar-refractivity contribution in [1.29, 1.82) is 0 Å². The second-order valence-corrected chi connectivity index (χ2v) is 6.92. The first kappa shape index (κ1) is 14.6. The Bertz CT molecular complexity index is 679. The molecule has 20 heavy (non-hydrogen) atoms. The third-order valence-corrected chi connectivity index (χ3v) is 4.72. The van der Waals surface area contributed by atoms with Crippen molar-refractivity contribution >= 4 is 27.0 Å². The van der Waals surface area contributed by atoms with Gasteiger partial charge in [-0.15, -0.1) is 11.3 Å². The second-order valence-electron chi connectivity index (χ2n) is 4.08. The highest BCUT2D eigenvalue weighted by molar-refractivity contribution is 7.88. The third kappa shape index (κ3) is 4.12. The highest BCUT2D eigenvalue weighted by Crippen LogP contribution is 2.14. The summed E-state index contributed by atoms with van der Waals surface area (Å²) in [6.45, 7) is 0.257. The van der Waals surface area contributed by atoms with Crippen molar-refractivity contribution in [2.24, 2.45) is 0 Å². The van der Waals surface area contributed by atoms with Crippen LogP contribution >= 0.6 is 11.3 Å². The van der Waals surface area contributed by atoms with Gasteiger partial charge in [-0.25, -0.2) is 13.1 Å². The number of benzene rings is 1. The molecule has 0 aliphatic carbocycles. The molecular formula is C12H12N2O4S2. The van der Waals surface area contributed by atoms with E-state index >= 15 is 0 Å². The van der Waals surface area contributed by atoms with Gasteiger partial charge in [-0.3, -0.25) is 10.1 Å². The number of nitro benzene ring substituents is 1. The van der Waals surface area contributed by atoms with Gasteiger partial charge in [0, 0.05) is 23.6 Å². The Morgan fingerprint density at radius 2 is 1.90 bits per heavy atom. The highest BCUT2D eigenvalue weighted by Gasteiger charge is 2.13. The average Bonchev–Trinajstić information content (AvgIpc) is 2.90. The van der Waals surface area contributed by atoms with Gasteiger partial charge < -0.3 is 0 Å². The SMILES string of the molecule is O=[N+]([O-])c1ccc(CS(=O)(=O)NCc2cccs2)cc1. The lowest BCUT2D eigenvalue weighted by atomic mass is 10.2. The Kier molecular flexibility index (Phi) is 4.48. The fraction of sp³-hybridized carbons (Fsp3) is 0.167. The number of nitro groups is 1. The molecule has 1 N–H and O–H groups in total. The van der Waals surface area contributed by atoms with Crippen molar-refractivity contribution in [3.8, 4) is 0 Å². The van der Waals surface area contributed by atoms with Gasteiger partial charge in [-0.05, 0) is 17.0 Å². The molecule has 1 aromatic heterocycles. The number of nitrogens with one attached hydrogen (secondary N) is 1. The number of non-ortho nitro benzene ring substituents is 1. The molecule has 106 valence electrons. The lowest BCUT2D eigenvalue weighted by Crippen LogP contribution is -2.24. The molecule has 0 unspecified atom stereocenters. The quantitative estimate of drug-likeness (QED) is 0.654. The molecule has 0 amide bonds. The van der Waals surface area contributed by atoms with E-state index in [1.165, 1.54) is 35.6 Å². The zero-order valence-corrected chi connectivity index (χ0v) is 12.0. The summed E-state index contributed by atoms with van der Waals surface area (Å²) in [5.74, 6) is -0.198. The molecule has 2 aromatic rings. The Balaban J connectivity index is 1.98. The predicted octanol–water partition coefficient (Wildman–Crippen LogP) is 2.28. The molecule has 0 fully saturated rings. The lowest BCUT2D eigenvalue weighted by molar-refractivity contribution is -0.384. The van der Waals surface area contributed by atoms with Crippen LogP contribution in [-0.4, -0.2) is 13.3 Å². The van der Waals surface area contributed by atoms with Crippen molar-refractivity contribution in [3.63, 3.8) is 0 Å². The topological polar surface area (TPSA) is 89.3 Å². The summed E-state index contributed by atoms with van der Waals surface area (Å²) >= 11 is 1.47. The first-order chi connectivity index (χ1) is 9.46. The van der Waals surface area contributed by atoms with Gasteiger partial charge in [0.1, 0.15) is 0 Å². The van der Waals surface area contributed by atoms with E-state index in [1.807, 2.05) is 17.5 Å². The van der Waals surface area contributed by atoms with Crippen LogP contribution in [0.1, 0.15) is 10.4 Å². The largest absolute Gasteiger partial charge is 0.269 e. The Morgan fingerprint density at radius 1 is 1.20 bits per heavy atom. The van der Waals surface area contributed by atoms with Crippen LogP contribution in [0.25, 0.3) is 0 Å². The normalized spacial score (nSPS) is 11.4. The van der Waals surface area contributed by atoms with Crippen LogP contribution < -0.4 is 4.72 Å². The number of nitrogens with zero attached hydrogens (tertiary/aromatic N) is 1. The monoisotopic (exact) mass is 312 g/mol. The standard InChI is InChI=1S/C12H12N2O4S2/c15-14(16)11-5-3-10(4-6-11)9-20(17,18)13-8-12-2-1-7-19-12/h1-7,13H,8-9H2. The van der Waals surface area contributed by atoms with Crippen molar-refractivity contribution in [2.75, 3.05) is 0 Å². The van der Waals surface area contributed by atoms with Gasteiger partial charge in [0.2, 0.25) is 10.0 Å². The van der Waals surface area contributed by atoms with Crippen LogP contribution in [0.4, 0.5) is 5.69 Å². The van der Waals surface area contributed by atoms with Crippen molar-refractivity contribution in [1.82, 2.24) is 4.72 Å². The summed E-state index contributed by atoms with van der Waals surface area (Å²) in [5, 5.41) is 12.4. The van der Waals surface area contributed by atoms with Crippen LogP contribution in [0.2, 0.25) is 0 Å². The predicted molar refractivity (Wildman–Crippen MR) is 76.9 cm³/mol. The lowest BCUT2D eigenvalue weighted by Gasteiger charge is -2.05. The third-order valence-electron chi connectivity index (χ3n) is 2.55. The van der Waals surface area contributed by atoms with Crippen molar-refractivity contribution in [3.05, 3.63) is 62.3 Å². The van der Waals surface area contributed by atoms with Gasteiger partial charge >= 0.3 is 0 Å². The Morgan fingerprint density at radius 3 is 2.45 bits per heavy atom. The molecule has 1 heterocycles. The molecule has 6 nitrogen and oxygen atoms in total. The molecule has 0 bridgehead atoms. The van der Waals surface area contributed by atoms with Crippen LogP contribution in [-0.2, 0) is 22.3 Å². The maximum atomic E-state index is 11.9. The number of hydrogen-bond donors (Lipinski definition) is 1. The maximum absolute atomic E-state index is 11.9. The highest BCUT2D eigenvalue weighted by atomic mass is 32.2. The summed E-state index contributed by atoms with van der Waals surface area (Å²) < 4.78 is 26.2. The van der Waals surface area contributed by atoms with E-state index in [-0.39, 0.29) is 18.0 Å². The summed E-state index contributed by atoms with van der Waals surface area (Å²) in [7, 11) is -3.46. The first-order valence-corrected chi connectivity index (χ1v) is 8.22. The zero-order valence-electron chi connectivity index (χ0n) is 10.4. The Labute approximate surface area is 120 Å². The van der Waals surface area contributed by atoms with Gasteiger partial charge in [0.25, 0.3) is 5.69 Å². The van der Waals surface area contributed by atoms with Gasteiger partial charge in [-0.1, -0.05) is 18.2 Å².